The number of benzene rings is 2. The van der Waals surface area contributed by atoms with E-state index in [9.17, 15) is 14.4 Å². The summed E-state index contributed by atoms with van der Waals surface area (Å²) < 4.78 is 1.36. The minimum absolute atomic E-state index is 0.160. The second-order valence-electron chi connectivity index (χ2n) is 6.91. The van der Waals surface area contributed by atoms with Gasteiger partial charge in [-0.2, -0.15) is 0 Å². The van der Waals surface area contributed by atoms with Crippen molar-refractivity contribution in [3.63, 3.8) is 0 Å². The van der Waals surface area contributed by atoms with Crippen LogP contribution in [0.5, 0.6) is 0 Å². The number of hydrogen-bond donors (Lipinski definition) is 1. The summed E-state index contributed by atoms with van der Waals surface area (Å²) in [6, 6.07) is 11.9. The highest BCUT2D eigenvalue weighted by Gasteiger charge is 2.23. The van der Waals surface area contributed by atoms with E-state index >= 15 is 0 Å². The topological polar surface area (TPSA) is 84.3 Å². The lowest BCUT2D eigenvalue weighted by molar-refractivity contribution is -0.116. The summed E-state index contributed by atoms with van der Waals surface area (Å²) in [4.78, 5) is 43.7. The Balaban J connectivity index is 1.60. The van der Waals surface area contributed by atoms with Gasteiger partial charge in [-0.05, 0) is 43.2 Å². The Morgan fingerprint density at radius 2 is 1.86 bits per heavy atom. The first-order valence-corrected chi connectivity index (χ1v) is 9.74. The maximum atomic E-state index is 12.8. The quantitative estimate of drug-likeness (QED) is 0.716. The summed E-state index contributed by atoms with van der Waals surface area (Å²) in [5.74, 6) is -0.576. The molecule has 1 N–H and O–H groups in total. The van der Waals surface area contributed by atoms with Crippen molar-refractivity contribution in [1.29, 1.82) is 0 Å². The highest BCUT2D eigenvalue weighted by molar-refractivity contribution is 6.31. The van der Waals surface area contributed by atoms with Crippen molar-refractivity contribution in [3.05, 3.63) is 69.6 Å². The lowest BCUT2D eigenvalue weighted by atomic mass is 10.1. The van der Waals surface area contributed by atoms with Crippen molar-refractivity contribution in [2.24, 2.45) is 0 Å². The molecular weight excluding hydrogens is 392 g/mol. The minimum Gasteiger partial charge on any atom is -0.339 e. The molecule has 7 nitrogen and oxygen atoms in total. The van der Waals surface area contributed by atoms with Gasteiger partial charge in [-0.15, -0.1) is 0 Å². The van der Waals surface area contributed by atoms with Gasteiger partial charge >= 0.3 is 0 Å². The Morgan fingerprint density at radius 1 is 1.10 bits per heavy atom. The van der Waals surface area contributed by atoms with Crippen LogP contribution < -0.4 is 10.9 Å². The van der Waals surface area contributed by atoms with Gasteiger partial charge in [0.2, 0.25) is 5.91 Å². The molecule has 1 aromatic heterocycles. The fraction of sp³-hybridized carbons (Fsp3) is 0.238. The molecule has 0 saturated carbocycles. The van der Waals surface area contributed by atoms with Crippen LogP contribution in [0.3, 0.4) is 0 Å². The predicted octanol–water partition coefficient (Wildman–Crippen LogP) is 2.92. The Hall–Kier alpha value is -3.19. The third kappa shape index (κ3) is 4.00. The molecule has 1 aliphatic heterocycles. The number of carbonyl (C=O) groups excluding carboxylic acids is 2. The summed E-state index contributed by atoms with van der Waals surface area (Å²) in [5.41, 5.74) is 1.54. The first kappa shape index (κ1) is 19.1. The second kappa shape index (κ2) is 8.05. The number of likely N-dealkylation sites (tertiary alicyclic amines) is 1. The molecule has 2 heterocycles. The van der Waals surface area contributed by atoms with Crippen molar-refractivity contribution in [2.75, 3.05) is 18.4 Å². The molecule has 1 saturated heterocycles. The van der Waals surface area contributed by atoms with Crippen molar-refractivity contribution in [1.82, 2.24) is 14.5 Å². The zero-order valence-corrected chi connectivity index (χ0v) is 16.4. The number of amides is 2. The normalized spacial score (nSPS) is 13.6. The molecule has 0 radical (unpaired) electrons. The van der Waals surface area contributed by atoms with Crippen LogP contribution in [0.4, 0.5) is 5.69 Å². The lowest BCUT2D eigenvalue weighted by Crippen LogP contribution is -2.30. The third-order valence-electron chi connectivity index (χ3n) is 4.93. The molecule has 4 rings (SSSR count). The van der Waals surface area contributed by atoms with E-state index in [1.807, 2.05) is 6.07 Å². The highest BCUT2D eigenvalue weighted by atomic mass is 35.5. The smallest absolute Gasteiger partial charge is 0.269 e. The Kier molecular flexibility index (Phi) is 5.31. The largest absolute Gasteiger partial charge is 0.339 e. The summed E-state index contributed by atoms with van der Waals surface area (Å²) in [6.45, 7) is 1.19. The first-order chi connectivity index (χ1) is 14.0. The molecule has 3 aromatic rings. The number of rotatable bonds is 4. The summed E-state index contributed by atoms with van der Waals surface area (Å²) in [5, 5.41) is 3.18. The van der Waals surface area contributed by atoms with Gasteiger partial charge in [-0.3, -0.25) is 19.0 Å². The molecule has 29 heavy (non-hydrogen) atoms. The molecule has 0 unspecified atom stereocenters. The van der Waals surface area contributed by atoms with Crippen LogP contribution in [-0.4, -0.2) is 39.4 Å². The SMILES string of the molecule is O=C(Cn1c(=O)cnc2ccccc21)Nc1ccc(Cl)cc1C(=O)N1CCCC1. The highest BCUT2D eigenvalue weighted by Crippen LogP contribution is 2.24. The summed E-state index contributed by atoms with van der Waals surface area (Å²) in [6.07, 6.45) is 3.12. The van der Waals surface area contributed by atoms with Crippen LogP contribution in [0, 0.1) is 0 Å². The number of hydrogen-bond acceptors (Lipinski definition) is 4. The fourth-order valence-electron chi connectivity index (χ4n) is 3.50. The zero-order chi connectivity index (χ0) is 20.4. The van der Waals surface area contributed by atoms with Gasteiger partial charge in [0.05, 0.1) is 28.5 Å². The van der Waals surface area contributed by atoms with E-state index in [-0.39, 0.29) is 18.0 Å². The summed E-state index contributed by atoms with van der Waals surface area (Å²) >= 11 is 6.08. The minimum atomic E-state index is -0.416. The lowest BCUT2D eigenvalue weighted by Gasteiger charge is -2.18. The number of nitrogens with one attached hydrogen (secondary N) is 1. The van der Waals surface area contributed by atoms with Crippen molar-refractivity contribution in [3.8, 4) is 0 Å². The zero-order valence-electron chi connectivity index (χ0n) is 15.6. The predicted molar refractivity (Wildman–Crippen MR) is 111 cm³/mol. The van der Waals surface area contributed by atoms with Gasteiger partial charge in [0.1, 0.15) is 6.54 Å². The van der Waals surface area contributed by atoms with Crippen LogP contribution >= 0.6 is 11.6 Å². The van der Waals surface area contributed by atoms with Gasteiger partial charge in [0, 0.05) is 18.1 Å². The molecule has 2 amide bonds. The molecule has 0 atom stereocenters. The molecule has 8 heteroatoms. The molecule has 1 aliphatic rings. The van der Waals surface area contributed by atoms with Crippen LogP contribution in [0.1, 0.15) is 23.2 Å². The Morgan fingerprint density at radius 3 is 2.66 bits per heavy atom. The van der Waals surface area contributed by atoms with E-state index < -0.39 is 5.91 Å². The Labute approximate surface area is 171 Å². The number of para-hydroxylation sites is 2. The van der Waals surface area contributed by atoms with Gasteiger partial charge in [0.15, 0.2) is 0 Å². The first-order valence-electron chi connectivity index (χ1n) is 9.36. The van der Waals surface area contributed by atoms with Gasteiger partial charge < -0.3 is 10.2 Å². The number of anilines is 1. The van der Waals surface area contributed by atoms with Gasteiger partial charge in [0.25, 0.3) is 11.5 Å². The van der Waals surface area contributed by atoms with E-state index in [4.69, 9.17) is 11.6 Å². The van der Waals surface area contributed by atoms with E-state index in [0.717, 1.165) is 12.8 Å². The van der Waals surface area contributed by atoms with Crippen LogP contribution in [0.15, 0.2) is 53.5 Å². The van der Waals surface area contributed by atoms with E-state index in [1.54, 1.807) is 41.3 Å². The molecule has 0 aliphatic carbocycles. The molecule has 0 bridgehead atoms. The number of nitrogens with zero attached hydrogens (tertiary/aromatic N) is 3. The maximum absolute atomic E-state index is 12.8. The van der Waals surface area contributed by atoms with Crippen LogP contribution in [-0.2, 0) is 11.3 Å². The monoisotopic (exact) mass is 410 g/mol. The fourth-order valence-corrected chi connectivity index (χ4v) is 3.68. The second-order valence-corrected chi connectivity index (χ2v) is 7.35. The third-order valence-corrected chi connectivity index (χ3v) is 5.17. The van der Waals surface area contributed by atoms with E-state index in [2.05, 4.69) is 10.3 Å². The maximum Gasteiger partial charge on any atom is 0.269 e. The molecular formula is C21H19ClN4O3. The average Bonchev–Trinajstić information content (AvgIpc) is 3.26. The molecule has 0 spiro atoms. The van der Waals surface area contributed by atoms with Gasteiger partial charge in [-0.1, -0.05) is 23.7 Å². The summed E-state index contributed by atoms with van der Waals surface area (Å²) in [7, 11) is 0. The van der Waals surface area contributed by atoms with Gasteiger partial charge in [-0.25, -0.2) is 4.98 Å². The van der Waals surface area contributed by atoms with Crippen LogP contribution in [0.2, 0.25) is 5.02 Å². The van der Waals surface area contributed by atoms with Crippen molar-refractivity contribution >= 4 is 40.1 Å². The average molecular weight is 411 g/mol. The molecule has 2 aromatic carbocycles. The van der Waals surface area contributed by atoms with Crippen LogP contribution in [0.25, 0.3) is 11.0 Å². The molecule has 1 fully saturated rings. The standard InChI is InChI=1S/C21H19ClN4O3/c22-14-7-8-16(15(11-14)21(29)25-9-3-4-10-25)24-19(27)13-26-18-6-2-1-5-17(18)23-12-20(26)28/h1-2,5-8,11-12H,3-4,9-10,13H2,(H,24,27). The number of fused-ring (bicyclic) bond motifs is 1. The van der Waals surface area contributed by atoms with E-state index in [1.165, 1.54) is 10.8 Å². The van der Waals surface area contributed by atoms with Crippen molar-refractivity contribution < 1.29 is 9.59 Å². The molecule has 148 valence electrons. The Bertz CT molecular complexity index is 1150. The number of halogens is 1. The van der Waals surface area contributed by atoms with Crippen molar-refractivity contribution in [2.45, 2.75) is 19.4 Å². The number of carbonyl (C=O) groups is 2. The number of aromatic nitrogens is 2. The van der Waals surface area contributed by atoms with E-state index in [0.29, 0.717) is 40.4 Å².